The zero-order valence-electron chi connectivity index (χ0n) is 10.8. The fourth-order valence-electron chi connectivity index (χ4n) is 2.49. The molecule has 0 amide bonds. The van der Waals surface area contributed by atoms with E-state index < -0.39 is 29.4 Å². The largest absolute Gasteiger partial charge is 0.388 e. The minimum atomic E-state index is -1.92. The fourth-order valence-corrected chi connectivity index (χ4v) is 2.49. The summed E-state index contributed by atoms with van der Waals surface area (Å²) in [6.45, 7) is 8.38. The molecular weight excluding hydrogens is 240 g/mol. The molecule has 0 aliphatic carbocycles. The molecule has 0 aromatic rings. The third-order valence-electron chi connectivity index (χ3n) is 3.53. The van der Waals surface area contributed by atoms with Gasteiger partial charge in [-0.25, -0.2) is 0 Å². The Kier molecular flexibility index (Phi) is 3.09. The van der Waals surface area contributed by atoms with Crippen LogP contribution >= 0.6 is 0 Å². The standard InChI is InChI=1S/C12H20O6/c1-7(2)12(15)9(14)8(13)5-16-11(12)6-17-10(3,4)18-11/h8-9,13-15H,1,5-6H2,2-4H3/t8-,9-,11+,12-/m1/s1. The Morgan fingerprint density at radius 1 is 1.28 bits per heavy atom. The molecule has 2 rings (SSSR count). The van der Waals surface area contributed by atoms with Crippen LogP contribution in [0.2, 0.25) is 0 Å². The van der Waals surface area contributed by atoms with E-state index in [9.17, 15) is 15.3 Å². The Balaban J connectivity index is 2.43. The zero-order valence-corrected chi connectivity index (χ0v) is 10.8. The van der Waals surface area contributed by atoms with Crippen LogP contribution in [0.4, 0.5) is 0 Å². The molecule has 3 N–H and O–H groups in total. The molecule has 0 saturated carbocycles. The highest BCUT2D eigenvalue weighted by Gasteiger charge is 2.67. The van der Waals surface area contributed by atoms with Crippen molar-refractivity contribution in [1.29, 1.82) is 0 Å². The van der Waals surface area contributed by atoms with Gasteiger partial charge in [-0.05, 0) is 26.3 Å². The molecule has 6 nitrogen and oxygen atoms in total. The van der Waals surface area contributed by atoms with E-state index in [1.807, 2.05) is 0 Å². The van der Waals surface area contributed by atoms with Crippen molar-refractivity contribution in [3.63, 3.8) is 0 Å². The smallest absolute Gasteiger partial charge is 0.231 e. The van der Waals surface area contributed by atoms with Crippen LogP contribution in [0.1, 0.15) is 20.8 Å². The third kappa shape index (κ3) is 1.72. The average molecular weight is 260 g/mol. The predicted octanol–water partition coefficient (Wildman–Crippen LogP) is -0.475. The molecular formula is C12H20O6. The maximum atomic E-state index is 10.7. The lowest BCUT2D eigenvalue weighted by Gasteiger charge is -2.50. The van der Waals surface area contributed by atoms with Gasteiger partial charge in [-0.15, -0.1) is 0 Å². The van der Waals surface area contributed by atoms with Crippen LogP contribution in [0.15, 0.2) is 12.2 Å². The summed E-state index contributed by atoms with van der Waals surface area (Å²) in [5.74, 6) is -2.48. The van der Waals surface area contributed by atoms with Crippen molar-refractivity contribution in [2.24, 2.45) is 0 Å². The van der Waals surface area contributed by atoms with Gasteiger partial charge in [-0.1, -0.05) is 6.58 Å². The van der Waals surface area contributed by atoms with Crippen molar-refractivity contribution in [1.82, 2.24) is 0 Å². The minimum absolute atomic E-state index is 0.0485. The van der Waals surface area contributed by atoms with Gasteiger partial charge >= 0.3 is 0 Å². The lowest BCUT2D eigenvalue weighted by Crippen LogP contribution is -2.71. The second kappa shape index (κ2) is 4.00. The molecule has 2 heterocycles. The highest BCUT2D eigenvalue weighted by molar-refractivity contribution is 5.24. The van der Waals surface area contributed by atoms with Gasteiger partial charge in [0, 0.05) is 0 Å². The SMILES string of the molecule is C=C(C)[C@@]1(O)[C@H](O)[C@H](O)CO[C@]12COC(C)(C)O2. The summed E-state index contributed by atoms with van der Waals surface area (Å²) in [6, 6.07) is 0. The summed E-state index contributed by atoms with van der Waals surface area (Å²) >= 11 is 0. The van der Waals surface area contributed by atoms with Crippen LogP contribution in [0, 0.1) is 0 Å². The van der Waals surface area contributed by atoms with Crippen molar-refractivity contribution >= 4 is 0 Å². The molecule has 0 radical (unpaired) electrons. The lowest BCUT2D eigenvalue weighted by molar-refractivity contribution is -0.366. The Labute approximate surface area is 106 Å². The third-order valence-corrected chi connectivity index (χ3v) is 3.53. The molecule has 1 spiro atoms. The first kappa shape index (κ1) is 13.9. The molecule has 0 bridgehead atoms. The molecule has 18 heavy (non-hydrogen) atoms. The number of rotatable bonds is 1. The van der Waals surface area contributed by atoms with Gasteiger partial charge in [0.05, 0.1) is 6.61 Å². The van der Waals surface area contributed by atoms with Crippen molar-refractivity contribution in [3.8, 4) is 0 Å². The van der Waals surface area contributed by atoms with E-state index >= 15 is 0 Å². The molecule has 6 heteroatoms. The van der Waals surface area contributed by atoms with Crippen LogP contribution in [0.3, 0.4) is 0 Å². The van der Waals surface area contributed by atoms with E-state index in [1.165, 1.54) is 0 Å². The molecule has 4 atom stereocenters. The minimum Gasteiger partial charge on any atom is -0.388 e. The first-order chi connectivity index (χ1) is 8.15. The molecule has 2 fully saturated rings. The summed E-state index contributed by atoms with van der Waals surface area (Å²) in [5, 5.41) is 30.5. The van der Waals surface area contributed by atoms with Crippen molar-refractivity contribution in [3.05, 3.63) is 12.2 Å². The molecule has 0 aromatic heterocycles. The first-order valence-electron chi connectivity index (χ1n) is 5.87. The van der Waals surface area contributed by atoms with E-state index in [0.717, 1.165) is 0 Å². The number of hydrogen-bond acceptors (Lipinski definition) is 6. The molecule has 2 aliphatic heterocycles. The number of aliphatic hydroxyl groups excluding tert-OH is 2. The van der Waals surface area contributed by atoms with E-state index in [1.54, 1.807) is 20.8 Å². The number of hydrogen-bond donors (Lipinski definition) is 3. The summed E-state index contributed by atoms with van der Waals surface area (Å²) in [4.78, 5) is 0. The van der Waals surface area contributed by atoms with Gasteiger partial charge in [0.2, 0.25) is 5.79 Å². The van der Waals surface area contributed by atoms with E-state index in [4.69, 9.17) is 14.2 Å². The Morgan fingerprint density at radius 3 is 2.33 bits per heavy atom. The maximum Gasteiger partial charge on any atom is 0.231 e. The quantitative estimate of drug-likeness (QED) is 0.552. The van der Waals surface area contributed by atoms with Crippen LogP contribution in [-0.4, -0.2) is 57.9 Å². The van der Waals surface area contributed by atoms with Gasteiger partial charge < -0.3 is 29.5 Å². The van der Waals surface area contributed by atoms with Gasteiger partial charge in [0.25, 0.3) is 0 Å². The van der Waals surface area contributed by atoms with Gasteiger partial charge in [-0.2, -0.15) is 0 Å². The van der Waals surface area contributed by atoms with Crippen LogP contribution < -0.4 is 0 Å². The van der Waals surface area contributed by atoms with Crippen LogP contribution in [0.25, 0.3) is 0 Å². The Hall–Kier alpha value is -0.500. The summed E-state index contributed by atoms with van der Waals surface area (Å²) in [5.41, 5.74) is -1.67. The van der Waals surface area contributed by atoms with Gasteiger partial charge in [0.15, 0.2) is 11.4 Å². The predicted molar refractivity (Wildman–Crippen MR) is 61.6 cm³/mol. The molecule has 104 valence electrons. The van der Waals surface area contributed by atoms with Crippen LogP contribution in [0.5, 0.6) is 0 Å². The van der Waals surface area contributed by atoms with Crippen molar-refractivity contribution < 1.29 is 29.5 Å². The summed E-state index contributed by atoms with van der Waals surface area (Å²) in [6.07, 6.45) is -2.65. The Bertz CT molecular complexity index is 368. The van der Waals surface area contributed by atoms with Gasteiger partial charge in [0.1, 0.15) is 18.8 Å². The van der Waals surface area contributed by atoms with E-state index in [2.05, 4.69) is 6.58 Å². The molecule has 0 unspecified atom stereocenters. The van der Waals surface area contributed by atoms with Crippen LogP contribution in [-0.2, 0) is 14.2 Å². The normalized spacial score (nSPS) is 47.4. The fraction of sp³-hybridized carbons (Fsp3) is 0.833. The molecule has 2 saturated heterocycles. The van der Waals surface area contributed by atoms with E-state index in [0.29, 0.717) is 0 Å². The highest BCUT2D eigenvalue weighted by Crippen LogP contribution is 2.47. The number of aliphatic hydroxyl groups is 3. The maximum absolute atomic E-state index is 10.7. The second-order valence-corrected chi connectivity index (χ2v) is 5.41. The van der Waals surface area contributed by atoms with E-state index in [-0.39, 0.29) is 18.8 Å². The monoisotopic (exact) mass is 260 g/mol. The van der Waals surface area contributed by atoms with Gasteiger partial charge in [-0.3, -0.25) is 0 Å². The molecule has 0 aromatic carbocycles. The van der Waals surface area contributed by atoms with Crippen molar-refractivity contribution in [2.45, 2.75) is 50.2 Å². The summed E-state index contributed by atoms with van der Waals surface area (Å²) in [7, 11) is 0. The zero-order chi connectivity index (χ0) is 13.8. The highest BCUT2D eigenvalue weighted by atomic mass is 16.8. The average Bonchev–Trinajstić information content (AvgIpc) is 2.59. The topological polar surface area (TPSA) is 88.4 Å². The lowest BCUT2D eigenvalue weighted by atomic mass is 9.77. The Morgan fingerprint density at radius 2 is 1.89 bits per heavy atom. The molecule has 2 aliphatic rings. The number of ether oxygens (including phenoxy) is 3. The van der Waals surface area contributed by atoms with Crippen molar-refractivity contribution in [2.75, 3.05) is 13.2 Å². The first-order valence-corrected chi connectivity index (χ1v) is 5.87. The summed E-state index contributed by atoms with van der Waals surface area (Å²) < 4.78 is 16.5. The second-order valence-electron chi connectivity index (χ2n) is 5.41.